The summed E-state index contributed by atoms with van der Waals surface area (Å²) in [5.41, 5.74) is 6.52. The van der Waals surface area contributed by atoms with Gasteiger partial charge in [-0.1, -0.05) is 83.1 Å². The number of hydrogen-bond donors (Lipinski definition) is 8. The van der Waals surface area contributed by atoms with Gasteiger partial charge in [-0.15, -0.1) is 0 Å². The number of amides is 4. The predicted octanol–water partition coefficient (Wildman–Crippen LogP) is 6.22. The molecule has 0 aromatic heterocycles. The molecule has 18 heteroatoms. The number of aldehydes is 2. The summed E-state index contributed by atoms with van der Waals surface area (Å²) in [5.74, 6) is -1.34. The molecule has 2 rings (SSSR count). The fourth-order valence-corrected chi connectivity index (χ4v) is 6.90. The molecule has 0 bridgehead atoms. The Morgan fingerprint density at radius 3 is 0.803 bits per heavy atom. The average molecular weight is 1020 g/mol. The minimum absolute atomic E-state index is 0.0757. The van der Waals surface area contributed by atoms with Crippen molar-refractivity contribution in [2.75, 3.05) is 106 Å². The van der Waals surface area contributed by atoms with Gasteiger partial charge in [0.15, 0.2) is 0 Å². The molecule has 0 saturated carbocycles. The quantitative estimate of drug-likeness (QED) is 0.0772. The molecule has 0 spiro atoms. The van der Waals surface area contributed by atoms with Crippen LogP contribution in [-0.2, 0) is 9.59 Å². The van der Waals surface area contributed by atoms with Gasteiger partial charge in [0.2, 0.25) is 0 Å². The van der Waals surface area contributed by atoms with Crippen LogP contribution in [0.1, 0.15) is 164 Å². The van der Waals surface area contributed by atoms with E-state index in [0.29, 0.717) is 99.1 Å². The molecule has 416 valence electrons. The molecule has 0 heterocycles. The molecule has 0 aliphatic carbocycles. The summed E-state index contributed by atoms with van der Waals surface area (Å²) < 4.78 is 0. The Hall–Kier alpha value is -4.98. The first-order valence-corrected chi connectivity index (χ1v) is 25.0. The van der Waals surface area contributed by atoms with Crippen LogP contribution in [0, 0.1) is 41.5 Å². The lowest BCUT2D eigenvalue weighted by Gasteiger charge is -2.28. The van der Waals surface area contributed by atoms with E-state index < -0.39 is 25.4 Å². The van der Waals surface area contributed by atoms with Gasteiger partial charge in [-0.05, 0) is 81.3 Å². The number of carbonyl (C=O) groups is 6. The van der Waals surface area contributed by atoms with Crippen LogP contribution < -0.4 is 10.6 Å². The molecule has 2 aromatic rings. The van der Waals surface area contributed by atoms with E-state index >= 15 is 0 Å². The topological polar surface area (TPSA) is 261 Å². The summed E-state index contributed by atoms with van der Waals surface area (Å²) in [6.07, 6.45) is -0.894. The van der Waals surface area contributed by atoms with E-state index in [4.69, 9.17) is 19.8 Å². The summed E-state index contributed by atoms with van der Waals surface area (Å²) in [5, 5.41) is 59.6. The SMILES string of the molecule is CC.CC.CC.CC.CC.CC.CNc1c(C)c(C(=O)N(C)CCCN(C)C(=O)c2c(C)c(NC)c(C)c(C(=O)N(C)CC(O)CO)c2C)c(C)c(C(=O)N(C)CC(O)CO)c1C.O=CCO.O=CCO. The van der Waals surface area contributed by atoms with Crippen LogP contribution in [0.25, 0.3) is 0 Å². The third-order valence-corrected chi connectivity index (χ3v) is 9.77. The second-order valence-electron chi connectivity index (χ2n) is 14.0. The minimum Gasteiger partial charge on any atom is -0.394 e. The van der Waals surface area contributed by atoms with Crippen LogP contribution in [-0.4, -0.2) is 194 Å². The highest BCUT2D eigenvalue weighted by Gasteiger charge is 2.30. The fraction of sp³-hybridized carbons (Fsp3) is 0.660. The van der Waals surface area contributed by atoms with Crippen molar-refractivity contribution in [2.24, 2.45) is 0 Å². The van der Waals surface area contributed by atoms with E-state index in [-0.39, 0.29) is 49.9 Å². The zero-order chi connectivity index (χ0) is 57.9. The lowest BCUT2D eigenvalue weighted by Crippen LogP contribution is -2.38. The number of carbonyl (C=O) groups excluding carboxylic acids is 6. The lowest BCUT2D eigenvalue weighted by atomic mass is 9.89. The molecule has 0 fully saturated rings. The molecule has 18 nitrogen and oxygen atoms in total. The standard InChI is InChI=1S/C37H58N6O8.2C2H4O2.6C2H6/c1-20-28(22(3)32(38-7)24(5)30(20)36(50)42(11)16-26(46)18-44)34(48)40(9)14-13-15-41(10)35(49)29-21(2)31(25(6)33(39-8)23(29)4)37(51)43(12)17-27(47)19-45;2*3-1-2-4;6*1-2/h26-27,38-39,44-47H,13-19H2,1-12H3;2*1,4H,2H2;6*1-2H3. The molecular formula is C53H102N6O12. The summed E-state index contributed by atoms with van der Waals surface area (Å²) in [6, 6.07) is 0. The summed E-state index contributed by atoms with van der Waals surface area (Å²) in [4.78, 5) is 78.6. The third-order valence-electron chi connectivity index (χ3n) is 9.77. The first kappa shape index (κ1) is 80.1. The zero-order valence-corrected chi connectivity index (χ0v) is 48.6. The molecule has 0 aliphatic heterocycles. The smallest absolute Gasteiger partial charge is 0.254 e. The van der Waals surface area contributed by atoms with Crippen molar-refractivity contribution in [3.63, 3.8) is 0 Å². The zero-order valence-electron chi connectivity index (χ0n) is 48.6. The van der Waals surface area contributed by atoms with Crippen LogP contribution in [0.3, 0.4) is 0 Å². The molecule has 2 aromatic carbocycles. The largest absolute Gasteiger partial charge is 0.394 e. The highest BCUT2D eigenvalue weighted by molar-refractivity contribution is 6.07. The van der Waals surface area contributed by atoms with E-state index in [1.54, 1.807) is 65.7 Å². The van der Waals surface area contributed by atoms with Gasteiger partial charge in [-0.3, -0.25) is 19.2 Å². The Morgan fingerprint density at radius 2 is 0.634 bits per heavy atom. The van der Waals surface area contributed by atoms with Crippen molar-refractivity contribution in [1.82, 2.24) is 19.6 Å². The number of aliphatic hydroxyl groups excluding tert-OH is 6. The number of anilines is 2. The van der Waals surface area contributed by atoms with Gasteiger partial charge in [0.25, 0.3) is 23.6 Å². The Labute approximate surface area is 429 Å². The van der Waals surface area contributed by atoms with Crippen LogP contribution in [0.4, 0.5) is 11.4 Å². The van der Waals surface area contributed by atoms with Gasteiger partial charge in [0.05, 0.1) is 38.6 Å². The summed E-state index contributed by atoms with van der Waals surface area (Å²) in [7, 11) is 9.85. The van der Waals surface area contributed by atoms with Gasteiger partial charge in [0, 0.05) is 102 Å². The molecular weight excluding hydrogens is 913 g/mol. The Bertz CT molecular complexity index is 1650. The van der Waals surface area contributed by atoms with Crippen molar-refractivity contribution in [3.8, 4) is 0 Å². The molecule has 2 unspecified atom stereocenters. The first-order valence-electron chi connectivity index (χ1n) is 25.0. The fourth-order valence-electron chi connectivity index (χ4n) is 6.90. The average Bonchev–Trinajstić information content (AvgIpc) is 3.39. The number of likely N-dealkylation sites (N-methyl/N-ethyl adjacent to an activating group) is 2. The van der Waals surface area contributed by atoms with Gasteiger partial charge in [-0.25, -0.2) is 0 Å². The molecule has 0 radical (unpaired) electrons. The number of nitrogens with zero attached hydrogens (tertiary/aromatic N) is 4. The Morgan fingerprint density at radius 1 is 0.437 bits per heavy atom. The molecule has 0 aliphatic rings. The summed E-state index contributed by atoms with van der Waals surface area (Å²) in [6.45, 7) is 33.5. The van der Waals surface area contributed by atoms with Crippen LogP contribution in [0.2, 0.25) is 0 Å². The van der Waals surface area contributed by atoms with Crippen molar-refractivity contribution < 1.29 is 59.4 Å². The molecule has 8 N–H and O–H groups in total. The van der Waals surface area contributed by atoms with Crippen molar-refractivity contribution >= 4 is 47.6 Å². The minimum atomic E-state index is -1.10. The molecule has 4 amide bonds. The van der Waals surface area contributed by atoms with Gasteiger partial charge in [-0.2, -0.15) is 0 Å². The number of benzene rings is 2. The number of aliphatic hydroxyl groups is 6. The monoisotopic (exact) mass is 1010 g/mol. The highest BCUT2D eigenvalue weighted by Crippen LogP contribution is 2.34. The Balaban J connectivity index is -0.000000355. The number of hydrogen-bond acceptors (Lipinski definition) is 14. The van der Waals surface area contributed by atoms with Crippen molar-refractivity contribution in [2.45, 2.75) is 143 Å². The second kappa shape index (κ2) is 48.6. The summed E-state index contributed by atoms with van der Waals surface area (Å²) >= 11 is 0. The molecule has 0 saturated heterocycles. The van der Waals surface area contributed by atoms with E-state index in [1.165, 1.54) is 23.9 Å². The van der Waals surface area contributed by atoms with E-state index in [1.807, 2.05) is 96.9 Å². The number of rotatable bonds is 18. The maximum absolute atomic E-state index is 13.9. The van der Waals surface area contributed by atoms with E-state index in [2.05, 4.69) is 10.6 Å². The third kappa shape index (κ3) is 26.3. The molecule has 2 atom stereocenters. The lowest BCUT2D eigenvalue weighted by molar-refractivity contribution is -0.110. The number of nitrogens with one attached hydrogen (secondary N) is 2. The predicted molar refractivity (Wildman–Crippen MR) is 293 cm³/mol. The van der Waals surface area contributed by atoms with Gasteiger partial charge in [0.1, 0.15) is 12.6 Å². The first-order chi connectivity index (χ1) is 33.6. The van der Waals surface area contributed by atoms with Crippen molar-refractivity contribution in [1.29, 1.82) is 0 Å². The van der Waals surface area contributed by atoms with Crippen molar-refractivity contribution in [3.05, 3.63) is 55.6 Å². The van der Waals surface area contributed by atoms with E-state index in [9.17, 15) is 39.6 Å². The van der Waals surface area contributed by atoms with Crippen LogP contribution in [0.5, 0.6) is 0 Å². The van der Waals surface area contributed by atoms with Gasteiger partial charge >= 0.3 is 0 Å². The van der Waals surface area contributed by atoms with Crippen LogP contribution >= 0.6 is 0 Å². The van der Waals surface area contributed by atoms with Gasteiger partial charge < -0.3 is 70.5 Å². The second-order valence-corrected chi connectivity index (χ2v) is 14.0. The Kier molecular flexibility index (Phi) is 54.9. The molecule has 71 heavy (non-hydrogen) atoms. The maximum Gasteiger partial charge on any atom is 0.254 e. The highest BCUT2D eigenvalue weighted by atomic mass is 16.3. The van der Waals surface area contributed by atoms with E-state index in [0.717, 1.165) is 0 Å². The normalized spacial score (nSPS) is 10.0. The van der Waals surface area contributed by atoms with Crippen LogP contribution in [0.15, 0.2) is 0 Å². The maximum atomic E-state index is 13.9.